The summed E-state index contributed by atoms with van der Waals surface area (Å²) in [6, 6.07) is 0. The van der Waals surface area contributed by atoms with Crippen molar-refractivity contribution < 1.29 is 29.2 Å². The van der Waals surface area contributed by atoms with E-state index in [-0.39, 0.29) is 47.7 Å². The van der Waals surface area contributed by atoms with E-state index in [1.54, 1.807) is 12.2 Å². The van der Waals surface area contributed by atoms with Crippen molar-refractivity contribution in [2.24, 2.45) is 35.5 Å². The van der Waals surface area contributed by atoms with Gasteiger partial charge in [-0.25, -0.2) is 4.79 Å². The fourth-order valence-corrected chi connectivity index (χ4v) is 6.10. The molecule has 2 bridgehead atoms. The maximum Gasteiger partial charge on any atom is 0.331 e. The number of cyclic esters (lactones) is 1. The van der Waals surface area contributed by atoms with E-state index in [9.17, 15) is 15.0 Å². The zero-order chi connectivity index (χ0) is 31.6. The summed E-state index contributed by atoms with van der Waals surface area (Å²) in [5.74, 6) is -1.76. The topological polar surface area (TPSA) is 85.2 Å². The van der Waals surface area contributed by atoms with Gasteiger partial charge in [-0.2, -0.15) is 0 Å². The van der Waals surface area contributed by atoms with Gasteiger partial charge in [-0.1, -0.05) is 108 Å². The summed E-state index contributed by atoms with van der Waals surface area (Å²) in [6.45, 7) is 21.7. The minimum absolute atomic E-state index is 0.0686. The molecule has 2 N–H and O–H groups in total. The Bertz CT molecular complexity index is 1020. The Balaban J connectivity index is 2.42. The third-order valence-corrected chi connectivity index (χ3v) is 8.54. The molecule has 42 heavy (non-hydrogen) atoms. The van der Waals surface area contributed by atoms with E-state index in [1.807, 2.05) is 91.8 Å². The highest BCUT2D eigenvalue weighted by Gasteiger charge is 2.37. The Morgan fingerprint density at radius 3 is 2.33 bits per heavy atom. The predicted molar refractivity (Wildman–Crippen MR) is 170 cm³/mol. The van der Waals surface area contributed by atoms with Gasteiger partial charge in [-0.05, 0) is 33.1 Å². The normalized spacial score (nSPS) is 41.7. The van der Waals surface area contributed by atoms with E-state index in [0.717, 1.165) is 5.57 Å². The van der Waals surface area contributed by atoms with Crippen molar-refractivity contribution in [1.29, 1.82) is 0 Å². The number of carbonyl (C=O) groups is 1. The summed E-state index contributed by atoms with van der Waals surface area (Å²) in [5.41, 5.74) is 1.10. The highest BCUT2D eigenvalue weighted by atomic mass is 16.7. The largest absolute Gasteiger partial charge is 0.458 e. The van der Waals surface area contributed by atoms with E-state index < -0.39 is 30.1 Å². The van der Waals surface area contributed by atoms with Crippen LogP contribution >= 0.6 is 0 Å². The second-order valence-corrected chi connectivity index (χ2v) is 13.1. The first-order valence-corrected chi connectivity index (χ1v) is 15.6. The van der Waals surface area contributed by atoms with E-state index in [0.29, 0.717) is 12.8 Å². The third-order valence-electron chi connectivity index (χ3n) is 8.54. The molecule has 2 heterocycles. The lowest BCUT2D eigenvalue weighted by molar-refractivity contribution is -0.295. The number of hydrogen-bond donors (Lipinski definition) is 2. The molecular weight excluding hydrogens is 528 g/mol. The molecule has 6 nitrogen and oxygen atoms in total. The molecule has 1 fully saturated rings. The number of hydrogen-bond acceptors (Lipinski definition) is 6. The van der Waals surface area contributed by atoms with Crippen LogP contribution in [0.4, 0.5) is 0 Å². The Morgan fingerprint density at radius 2 is 1.67 bits per heavy atom. The van der Waals surface area contributed by atoms with Crippen LogP contribution in [0.3, 0.4) is 0 Å². The van der Waals surface area contributed by atoms with Crippen LogP contribution in [-0.4, -0.2) is 52.5 Å². The molecule has 2 rings (SSSR count). The van der Waals surface area contributed by atoms with E-state index >= 15 is 0 Å². The van der Waals surface area contributed by atoms with Crippen molar-refractivity contribution in [1.82, 2.24) is 0 Å². The van der Waals surface area contributed by atoms with Gasteiger partial charge in [-0.15, -0.1) is 0 Å². The Kier molecular flexibility index (Phi) is 14.2. The van der Waals surface area contributed by atoms with Crippen molar-refractivity contribution in [3.8, 4) is 0 Å². The smallest absolute Gasteiger partial charge is 0.331 e. The van der Waals surface area contributed by atoms with Gasteiger partial charge in [0.2, 0.25) is 0 Å². The minimum Gasteiger partial charge on any atom is -0.458 e. The average Bonchev–Trinajstić information content (AvgIpc) is 2.92. The first kappa shape index (κ1) is 35.9. The fourth-order valence-electron chi connectivity index (χ4n) is 6.10. The third kappa shape index (κ3) is 11.1. The SMILES string of the molecule is C=C/C=C\[C@H](C)[C@@H]1OC(=O)/C=C\C=C\[C@@H](C)[C@@H]2C[C@@H](/C=C\[C@H](C)[C@H](O)[C@@H](C)/C=C(/C)C[C@H](C)[C@@H](O)[C@@H]1C)OC(C)(C)O2. The van der Waals surface area contributed by atoms with Crippen molar-refractivity contribution >= 4 is 5.97 Å². The van der Waals surface area contributed by atoms with Crippen molar-refractivity contribution in [3.63, 3.8) is 0 Å². The summed E-state index contributed by atoms with van der Waals surface area (Å²) in [5, 5.41) is 22.5. The summed E-state index contributed by atoms with van der Waals surface area (Å²) in [6.07, 6.45) is 18.0. The standard InChI is InChI=1S/C36H56O6/c1-11-12-15-26(5)35-29(8)34(39)28(7)21-23(2)20-27(6)33(38)25(4)18-19-30-22-31(42-36(9,10)41-30)24(3)16-13-14-17-32(37)40-35/h11-20,24-31,33-35,38-39H,1,21-22H2,2-10H3/b15-12-,16-13+,17-14-,19-18-,23-20-/t24-,25+,26+,27+,28+,29+,30-,31+,33+,34-,35+/m1/s1. The van der Waals surface area contributed by atoms with Crippen molar-refractivity contribution in [2.75, 3.05) is 0 Å². The lowest BCUT2D eigenvalue weighted by Gasteiger charge is -2.41. The molecule has 0 aromatic heterocycles. The molecule has 6 heteroatoms. The molecule has 0 saturated carbocycles. The van der Waals surface area contributed by atoms with E-state index in [4.69, 9.17) is 14.2 Å². The minimum atomic E-state index is -0.744. The zero-order valence-electron chi connectivity index (χ0n) is 27.3. The zero-order valence-corrected chi connectivity index (χ0v) is 27.3. The molecule has 0 unspecified atom stereocenters. The van der Waals surface area contributed by atoms with E-state index in [1.165, 1.54) is 6.08 Å². The van der Waals surface area contributed by atoms with Gasteiger partial charge < -0.3 is 24.4 Å². The van der Waals surface area contributed by atoms with Gasteiger partial charge >= 0.3 is 5.97 Å². The Morgan fingerprint density at radius 1 is 0.976 bits per heavy atom. The molecule has 0 spiro atoms. The second kappa shape index (κ2) is 16.6. The molecule has 0 radical (unpaired) electrons. The van der Waals surface area contributed by atoms with Gasteiger partial charge in [0.05, 0.1) is 24.4 Å². The highest BCUT2D eigenvalue weighted by molar-refractivity contribution is 5.82. The van der Waals surface area contributed by atoms with Crippen LogP contribution in [-0.2, 0) is 19.0 Å². The van der Waals surface area contributed by atoms with Gasteiger partial charge in [0.1, 0.15) is 6.10 Å². The molecule has 0 aromatic carbocycles. The first-order chi connectivity index (χ1) is 19.6. The number of rotatable bonds is 3. The summed E-state index contributed by atoms with van der Waals surface area (Å²) in [4.78, 5) is 12.9. The van der Waals surface area contributed by atoms with Crippen molar-refractivity contribution in [3.05, 3.63) is 72.9 Å². The number of ether oxygens (including phenoxy) is 3. The molecule has 0 amide bonds. The van der Waals surface area contributed by atoms with Crippen LogP contribution < -0.4 is 0 Å². The van der Waals surface area contributed by atoms with Gasteiger partial charge in [0.15, 0.2) is 5.79 Å². The molecular formula is C36H56O6. The van der Waals surface area contributed by atoms with Gasteiger partial charge in [0.25, 0.3) is 0 Å². The maximum atomic E-state index is 12.9. The lowest BCUT2D eigenvalue weighted by Crippen LogP contribution is -2.46. The van der Waals surface area contributed by atoms with Crippen LogP contribution in [0.5, 0.6) is 0 Å². The molecule has 236 valence electrons. The maximum absolute atomic E-state index is 12.9. The van der Waals surface area contributed by atoms with Gasteiger partial charge in [-0.3, -0.25) is 0 Å². The highest BCUT2D eigenvalue weighted by Crippen LogP contribution is 2.33. The lowest BCUT2D eigenvalue weighted by atomic mass is 9.81. The van der Waals surface area contributed by atoms with Crippen LogP contribution in [0, 0.1) is 35.5 Å². The average molecular weight is 585 g/mol. The monoisotopic (exact) mass is 584 g/mol. The van der Waals surface area contributed by atoms with Crippen molar-refractivity contribution in [2.45, 2.75) is 111 Å². The van der Waals surface area contributed by atoms with Crippen LogP contribution in [0.2, 0.25) is 0 Å². The predicted octanol–water partition coefficient (Wildman–Crippen LogP) is 7.11. The summed E-state index contributed by atoms with van der Waals surface area (Å²) >= 11 is 0. The van der Waals surface area contributed by atoms with E-state index in [2.05, 4.69) is 19.6 Å². The molecule has 11 atom stereocenters. The number of aliphatic hydroxyl groups excluding tert-OH is 2. The molecule has 2 aliphatic heterocycles. The van der Waals surface area contributed by atoms with Crippen LogP contribution in [0.15, 0.2) is 72.9 Å². The fraction of sp³-hybridized carbons (Fsp3) is 0.639. The number of carbonyl (C=O) groups excluding carboxylic acids is 1. The number of aliphatic hydroxyl groups is 2. The Labute approximate surface area is 254 Å². The molecule has 2 aliphatic rings. The van der Waals surface area contributed by atoms with Crippen LogP contribution in [0.25, 0.3) is 0 Å². The number of allylic oxidation sites excluding steroid dienone is 5. The van der Waals surface area contributed by atoms with Gasteiger partial charge in [0, 0.05) is 42.1 Å². The molecule has 0 aromatic rings. The summed E-state index contributed by atoms with van der Waals surface area (Å²) < 4.78 is 18.4. The number of esters is 1. The first-order valence-electron chi connectivity index (χ1n) is 15.6. The molecule has 0 aliphatic carbocycles. The second-order valence-electron chi connectivity index (χ2n) is 13.1. The number of fused-ring (bicyclic) bond motifs is 2. The van der Waals surface area contributed by atoms with Crippen LogP contribution in [0.1, 0.15) is 75.2 Å². The summed E-state index contributed by atoms with van der Waals surface area (Å²) in [7, 11) is 0. The molecule has 1 saturated heterocycles. The quantitative estimate of drug-likeness (QED) is 0.209. The Hall–Kier alpha value is -2.25.